The predicted molar refractivity (Wildman–Crippen MR) is 72.7 cm³/mol. The summed E-state index contributed by atoms with van der Waals surface area (Å²) >= 11 is 0. The predicted octanol–water partition coefficient (Wildman–Crippen LogP) is 0.638. The van der Waals surface area contributed by atoms with E-state index in [4.69, 9.17) is 15.2 Å². The van der Waals surface area contributed by atoms with Gasteiger partial charge in [-0.3, -0.25) is 4.40 Å². The van der Waals surface area contributed by atoms with Crippen LogP contribution in [0.25, 0.3) is 5.65 Å². The van der Waals surface area contributed by atoms with Gasteiger partial charge in [0.25, 0.3) is 0 Å². The van der Waals surface area contributed by atoms with E-state index < -0.39 is 0 Å². The first-order valence-electron chi connectivity index (χ1n) is 6.41. The van der Waals surface area contributed by atoms with Gasteiger partial charge in [-0.25, -0.2) is 4.98 Å². The second kappa shape index (κ2) is 5.07. The standard InChI is InChI=1S/C13H18N4O2/c1-18-12-10(8-14)2-3-17-11(9-15-13(12)17)16-4-6-19-7-5-16/h2-3,9H,4-8,14H2,1H3. The van der Waals surface area contributed by atoms with Crippen LogP contribution in [0.15, 0.2) is 18.5 Å². The lowest BCUT2D eigenvalue weighted by Crippen LogP contribution is -2.36. The Morgan fingerprint density at radius 3 is 2.89 bits per heavy atom. The van der Waals surface area contributed by atoms with Gasteiger partial charge in [0.1, 0.15) is 5.82 Å². The normalized spacial score (nSPS) is 16.0. The molecule has 3 rings (SSSR count). The number of ether oxygens (including phenoxy) is 2. The van der Waals surface area contributed by atoms with E-state index in [2.05, 4.69) is 9.88 Å². The second-order valence-electron chi connectivity index (χ2n) is 4.49. The fourth-order valence-electron chi connectivity index (χ4n) is 2.46. The van der Waals surface area contributed by atoms with E-state index in [0.29, 0.717) is 6.54 Å². The number of nitrogens with zero attached hydrogens (tertiary/aromatic N) is 3. The highest BCUT2D eigenvalue weighted by Crippen LogP contribution is 2.27. The van der Waals surface area contributed by atoms with Crippen molar-refractivity contribution in [2.75, 3.05) is 38.3 Å². The Labute approximate surface area is 111 Å². The molecule has 0 amide bonds. The van der Waals surface area contributed by atoms with Crippen molar-refractivity contribution >= 4 is 11.5 Å². The summed E-state index contributed by atoms with van der Waals surface area (Å²) in [5.41, 5.74) is 7.50. The highest BCUT2D eigenvalue weighted by Gasteiger charge is 2.18. The quantitative estimate of drug-likeness (QED) is 0.879. The average Bonchev–Trinajstić information content (AvgIpc) is 2.91. The zero-order chi connectivity index (χ0) is 13.2. The first kappa shape index (κ1) is 12.3. The lowest BCUT2D eigenvalue weighted by atomic mass is 10.2. The summed E-state index contributed by atoms with van der Waals surface area (Å²) in [7, 11) is 1.65. The van der Waals surface area contributed by atoms with Crippen LogP contribution in [0, 0.1) is 0 Å². The first-order valence-corrected chi connectivity index (χ1v) is 6.41. The summed E-state index contributed by atoms with van der Waals surface area (Å²) in [6, 6.07) is 1.98. The molecule has 2 aromatic rings. The molecule has 1 saturated heterocycles. The third-order valence-corrected chi connectivity index (χ3v) is 3.46. The van der Waals surface area contributed by atoms with E-state index in [1.807, 2.05) is 22.9 Å². The smallest absolute Gasteiger partial charge is 0.181 e. The number of hydrogen-bond donors (Lipinski definition) is 1. The van der Waals surface area contributed by atoms with Crippen molar-refractivity contribution in [3.63, 3.8) is 0 Å². The third kappa shape index (κ3) is 2.02. The highest BCUT2D eigenvalue weighted by atomic mass is 16.5. The molecule has 19 heavy (non-hydrogen) atoms. The summed E-state index contributed by atoms with van der Waals surface area (Å²) in [6.45, 7) is 3.72. The van der Waals surface area contributed by atoms with E-state index >= 15 is 0 Å². The molecule has 1 aliphatic rings. The number of pyridine rings is 1. The van der Waals surface area contributed by atoms with Crippen LogP contribution in [0.3, 0.4) is 0 Å². The molecule has 6 nitrogen and oxygen atoms in total. The zero-order valence-corrected chi connectivity index (χ0v) is 11.0. The van der Waals surface area contributed by atoms with Crippen LogP contribution in [0.4, 0.5) is 5.82 Å². The number of methoxy groups -OCH3 is 1. The van der Waals surface area contributed by atoms with Crippen LogP contribution >= 0.6 is 0 Å². The molecule has 0 unspecified atom stereocenters. The third-order valence-electron chi connectivity index (χ3n) is 3.46. The number of hydrogen-bond acceptors (Lipinski definition) is 5. The monoisotopic (exact) mass is 262 g/mol. The van der Waals surface area contributed by atoms with Gasteiger partial charge >= 0.3 is 0 Å². The molecule has 102 valence electrons. The molecule has 1 aliphatic heterocycles. The van der Waals surface area contributed by atoms with Gasteiger partial charge in [0.15, 0.2) is 11.4 Å². The van der Waals surface area contributed by atoms with Crippen LogP contribution < -0.4 is 15.4 Å². The summed E-state index contributed by atoms with van der Waals surface area (Å²) < 4.78 is 12.9. The van der Waals surface area contributed by atoms with Gasteiger partial charge in [0, 0.05) is 31.4 Å². The molecule has 0 radical (unpaired) electrons. The van der Waals surface area contributed by atoms with Gasteiger partial charge in [-0.1, -0.05) is 0 Å². The Morgan fingerprint density at radius 2 is 2.21 bits per heavy atom. The minimum atomic E-state index is 0.444. The Kier molecular flexibility index (Phi) is 3.27. The number of morpholine rings is 1. The Bertz CT molecular complexity index is 575. The first-order chi connectivity index (χ1) is 9.35. The number of fused-ring (bicyclic) bond motifs is 1. The van der Waals surface area contributed by atoms with Crippen LogP contribution in [0.2, 0.25) is 0 Å². The van der Waals surface area contributed by atoms with Crippen LogP contribution in [-0.4, -0.2) is 42.8 Å². The molecule has 0 atom stereocenters. The van der Waals surface area contributed by atoms with Crippen molar-refractivity contribution in [1.82, 2.24) is 9.38 Å². The number of nitrogens with two attached hydrogens (primary N) is 1. The molecule has 0 aromatic carbocycles. The molecular weight excluding hydrogens is 244 g/mol. The maximum atomic E-state index is 5.72. The van der Waals surface area contributed by atoms with Crippen LogP contribution in [-0.2, 0) is 11.3 Å². The number of rotatable bonds is 3. The van der Waals surface area contributed by atoms with Gasteiger partial charge in [-0.05, 0) is 6.07 Å². The van der Waals surface area contributed by atoms with E-state index in [-0.39, 0.29) is 0 Å². The van der Waals surface area contributed by atoms with Crippen LogP contribution in [0.1, 0.15) is 5.56 Å². The lowest BCUT2D eigenvalue weighted by Gasteiger charge is -2.28. The van der Waals surface area contributed by atoms with Crippen molar-refractivity contribution in [1.29, 1.82) is 0 Å². The Balaban J connectivity index is 2.08. The number of anilines is 1. The Morgan fingerprint density at radius 1 is 1.42 bits per heavy atom. The van der Waals surface area contributed by atoms with Gasteiger partial charge in [-0.15, -0.1) is 0 Å². The van der Waals surface area contributed by atoms with Crippen molar-refractivity contribution < 1.29 is 9.47 Å². The summed E-state index contributed by atoms with van der Waals surface area (Å²) in [5, 5.41) is 0. The van der Waals surface area contributed by atoms with E-state index in [9.17, 15) is 0 Å². The van der Waals surface area contributed by atoms with E-state index in [0.717, 1.165) is 49.1 Å². The molecule has 1 fully saturated rings. The molecule has 0 saturated carbocycles. The SMILES string of the molecule is COc1c(CN)ccn2c(N3CCOCC3)cnc12. The minimum Gasteiger partial charge on any atom is -0.493 e. The van der Waals surface area contributed by atoms with Gasteiger partial charge in [0.2, 0.25) is 0 Å². The van der Waals surface area contributed by atoms with Gasteiger partial charge in [0.05, 0.1) is 26.5 Å². The lowest BCUT2D eigenvalue weighted by molar-refractivity contribution is 0.122. The average molecular weight is 262 g/mol. The summed E-state index contributed by atoms with van der Waals surface area (Å²) in [4.78, 5) is 6.74. The molecule has 3 heterocycles. The fraction of sp³-hybridized carbons (Fsp3) is 0.462. The van der Waals surface area contributed by atoms with Gasteiger partial charge in [-0.2, -0.15) is 0 Å². The zero-order valence-electron chi connectivity index (χ0n) is 11.0. The second-order valence-corrected chi connectivity index (χ2v) is 4.49. The molecule has 6 heteroatoms. The number of aromatic nitrogens is 2. The molecular formula is C13H18N4O2. The van der Waals surface area contributed by atoms with Gasteiger partial charge < -0.3 is 20.1 Å². The number of imidazole rings is 1. The topological polar surface area (TPSA) is 65.0 Å². The maximum absolute atomic E-state index is 5.72. The minimum absolute atomic E-state index is 0.444. The molecule has 2 aromatic heterocycles. The maximum Gasteiger partial charge on any atom is 0.181 e. The molecule has 2 N–H and O–H groups in total. The van der Waals surface area contributed by atoms with E-state index in [1.165, 1.54) is 0 Å². The fourth-order valence-corrected chi connectivity index (χ4v) is 2.46. The summed E-state index contributed by atoms with van der Waals surface area (Å²) in [5.74, 6) is 1.82. The van der Waals surface area contributed by atoms with E-state index in [1.54, 1.807) is 7.11 Å². The van der Waals surface area contributed by atoms with Crippen molar-refractivity contribution in [2.45, 2.75) is 6.54 Å². The Hall–Kier alpha value is -1.79. The largest absolute Gasteiger partial charge is 0.493 e. The van der Waals surface area contributed by atoms with Crippen LogP contribution in [0.5, 0.6) is 5.75 Å². The highest BCUT2D eigenvalue weighted by molar-refractivity contribution is 5.63. The van der Waals surface area contributed by atoms with Crippen molar-refractivity contribution in [3.05, 3.63) is 24.0 Å². The molecule has 0 aliphatic carbocycles. The van der Waals surface area contributed by atoms with Crippen molar-refractivity contribution in [2.24, 2.45) is 5.73 Å². The molecule has 0 spiro atoms. The van der Waals surface area contributed by atoms with Crippen molar-refractivity contribution in [3.8, 4) is 5.75 Å². The summed E-state index contributed by atoms with van der Waals surface area (Å²) in [6.07, 6.45) is 3.88. The molecule has 0 bridgehead atoms.